The van der Waals surface area contributed by atoms with Crippen LogP contribution in [0.5, 0.6) is 5.75 Å². The van der Waals surface area contributed by atoms with Gasteiger partial charge in [0.2, 0.25) is 5.91 Å². The average molecular weight is 300 g/mol. The highest BCUT2D eigenvalue weighted by Gasteiger charge is 2.14. The molecule has 0 unspecified atom stereocenters. The smallest absolute Gasteiger partial charge is 0.227 e. The summed E-state index contributed by atoms with van der Waals surface area (Å²) < 4.78 is 0. The van der Waals surface area contributed by atoms with E-state index in [0.717, 1.165) is 18.3 Å². The first kappa shape index (κ1) is 14.0. The van der Waals surface area contributed by atoms with Gasteiger partial charge in [-0.15, -0.1) is 0 Å². The van der Waals surface area contributed by atoms with Gasteiger partial charge in [-0.2, -0.15) is 0 Å². The van der Waals surface area contributed by atoms with E-state index in [4.69, 9.17) is 0 Å². The monoisotopic (exact) mass is 299 g/mol. The maximum absolute atomic E-state index is 12.0. The number of carbonyl (C=O) groups is 1. The second-order valence-electron chi connectivity index (χ2n) is 3.88. The molecule has 1 amide bonds. The number of benzene rings is 1. The molecular weight excluding hydrogens is 282 g/mol. The van der Waals surface area contributed by atoms with Gasteiger partial charge < -0.3 is 10.0 Å². The SMILES string of the molecule is CCCN(CCBr)C(=O)Cc1ccccc1O. The number of alkyl halides is 1. The number of rotatable bonds is 6. The zero-order valence-electron chi connectivity index (χ0n) is 10.0. The van der Waals surface area contributed by atoms with Crippen LogP contribution in [0.2, 0.25) is 0 Å². The molecule has 0 fully saturated rings. The summed E-state index contributed by atoms with van der Waals surface area (Å²) in [7, 11) is 0. The Balaban J connectivity index is 2.66. The molecule has 1 aromatic carbocycles. The molecule has 4 heteroatoms. The fraction of sp³-hybridized carbons (Fsp3) is 0.462. The summed E-state index contributed by atoms with van der Waals surface area (Å²) in [6.07, 6.45) is 1.21. The van der Waals surface area contributed by atoms with Gasteiger partial charge in [0, 0.05) is 24.0 Å². The molecule has 0 radical (unpaired) electrons. The van der Waals surface area contributed by atoms with Crippen molar-refractivity contribution in [2.75, 3.05) is 18.4 Å². The fourth-order valence-corrected chi connectivity index (χ4v) is 2.10. The summed E-state index contributed by atoms with van der Waals surface area (Å²) in [6.45, 7) is 3.52. The van der Waals surface area contributed by atoms with Crippen molar-refractivity contribution in [3.05, 3.63) is 29.8 Å². The predicted octanol–water partition coefficient (Wildman–Crippen LogP) is 2.57. The number of hydrogen-bond donors (Lipinski definition) is 1. The maximum atomic E-state index is 12.0. The third-order valence-electron chi connectivity index (χ3n) is 2.53. The molecule has 94 valence electrons. The first-order valence-electron chi connectivity index (χ1n) is 5.79. The lowest BCUT2D eigenvalue weighted by Gasteiger charge is -2.21. The number of carbonyl (C=O) groups excluding carboxylic acids is 1. The number of nitrogens with zero attached hydrogens (tertiary/aromatic N) is 1. The molecule has 0 saturated carbocycles. The van der Waals surface area contributed by atoms with E-state index in [1.54, 1.807) is 18.2 Å². The summed E-state index contributed by atoms with van der Waals surface area (Å²) in [6, 6.07) is 6.98. The van der Waals surface area contributed by atoms with Crippen molar-refractivity contribution in [2.24, 2.45) is 0 Å². The molecule has 0 atom stereocenters. The van der Waals surface area contributed by atoms with E-state index >= 15 is 0 Å². The van der Waals surface area contributed by atoms with Crippen LogP contribution in [0.4, 0.5) is 0 Å². The predicted molar refractivity (Wildman–Crippen MR) is 72.5 cm³/mol. The fourth-order valence-electron chi connectivity index (χ4n) is 1.67. The van der Waals surface area contributed by atoms with Crippen LogP contribution in [-0.2, 0) is 11.2 Å². The minimum Gasteiger partial charge on any atom is -0.508 e. The number of halogens is 1. The molecule has 0 aliphatic rings. The van der Waals surface area contributed by atoms with Gasteiger partial charge in [0.1, 0.15) is 5.75 Å². The van der Waals surface area contributed by atoms with Crippen LogP contribution in [0.25, 0.3) is 0 Å². The maximum Gasteiger partial charge on any atom is 0.227 e. The number of hydrogen-bond acceptors (Lipinski definition) is 2. The minimum atomic E-state index is 0.0628. The van der Waals surface area contributed by atoms with Crippen LogP contribution < -0.4 is 0 Å². The van der Waals surface area contributed by atoms with Crippen molar-refractivity contribution in [2.45, 2.75) is 19.8 Å². The van der Waals surface area contributed by atoms with E-state index in [1.165, 1.54) is 0 Å². The average Bonchev–Trinajstić information content (AvgIpc) is 2.32. The van der Waals surface area contributed by atoms with Crippen molar-refractivity contribution in [1.29, 1.82) is 0 Å². The van der Waals surface area contributed by atoms with Crippen molar-refractivity contribution in [1.82, 2.24) is 4.90 Å². The molecule has 1 N–H and O–H groups in total. The van der Waals surface area contributed by atoms with Crippen LogP contribution >= 0.6 is 15.9 Å². The Morgan fingerprint density at radius 2 is 2.06 bits per heavy atom. The van der Waals surface area contributed by atoms with E-state index in [0.29, 0.717) is 12.1 Å². The van der Waals surface area contributed by atoms with Crippen LogP contribution in [0.3, 0.4) is 0 Å². The zero-order chi connectivity index (χ0) is 12.7. The second-order valence-corrected chi connectivity index (χ2v) is 4.67. The summed E-state index contributed by atoms with van der Waals surface area (Å²) in [5.41, 5.74) is 0.688. The molecule has 0 aliphatic heterocycles. The largest absolute Gasteiger partial charge is 0.508 e. The Morgan fingerprint density at radius 3 is 2.65 bits per heavy atom. The summed E-state index contributed by atoms with van der Waals surface area (Å²) in [5, 5.41) is 10.4. The summed E-state index contributed by atoms with van der Waals surface area (Å²) in [4.78, 5) is 13.9. The van der Waals surface area contributed by atoms with Crippen LogP contribution in [0.15, 0.2) is 24.3 Å². The van der Waals surface area contributed by atoms with Crippen LogP contribution in [0.1, 0.15) is 18.9 Å². The van der Waals surface area contributed by atoms with Crippen LogP contribution in [0, 0.1) is 0 Å². The van der Waals surface area contributed by atoms with Gasteiger partial charge in [-0.1, -0.05) is 41.1 Å². The van der Waals surface area contributed by atoms with Gasteiger partial charge in [-0.05, 0) is 12.5 Å². The van der Waals surface area contributed by atoms with Crippen molar-refractivity contribution >= 4 is 21.8 Å². The third-order valence-corrected chi connectivity index (χ3v) is 2.89. The second kappa shape index (κ2) is 7.33. The van der Waals surface area contributed by atoms with E-state index in [1.807, 2.05) is 11.0 Å². The van der Waals surface area contributed by atoms with Gasteiger partial charge in [-0.3, -0.25) is 4.79 Å². The molecule has 0 bridgehead atoms. The van der Waals surface area contributed by atoms with E-state index in [2.05, 4.69) is 22.9 Å². The molecule has 0 heterocycles. The molecule has 0 aliphatic carbocycles. The van der Waals surface area contributed by atoms with E-state index in [9.17, 15) is 9.90 Å². The number of aromatic hydroxyl groups is 1. The molecule has 0 aromatic heterocycles. The van der Waals surface area contributed by atoms with Gasteiger partial charge >= 0.3 is 0 Å². The molecule has 0 spiro atoms. The van der Waals surface area contributed by atoms with Gasteiger partial charge in [-0.25, -0.2) is 0 Å². The lowest BCUT2D eigenvalue weighted by atomic mass is 10.1. The molecule has 1 rings (SSSR count). The van der Waals surface area contributed by atoms with Crippen molar-refractivity contribution < 1.29 is 9.90 Å². The molecular formula is C13H18BrNO2. The first-order valence-corrected chi connectivity index (χ1v) is 6.91. The van der Waals surface area contributed by atoms with Gasteiger partial charge in [0.05, 0.1) is 6.42 Å². The highest BCUT2D eigenvalue weighted by molar-refractivity contribution is 9.09. The van der Waals surface area contributed by atoms with E-state index in [-0.39, 0.29) is 18.1 Å². The lowest BCUT2D eigenvalue weighted by molar-refractivity contribution is -0.130. The number of amides is 1. The summed E-state index contributed by atoms with van der Waals surface area (Å²) in [5.74, 6) is 0.254. The Hall–Kier alpha value is -1.03. The molecule has 17 heavy (non-hydrogen) atoms. The molecule has 3 nitrogen and oxygen atoms in total. The standard InChI is InChI=1S/C13H18BrNO2/c1-2-8-15(9-7-14)13(17)10-11-5-3-4-6-12(11)16/h3-6,16H,2,7-10H2,1H3. The Labute approximate surface area is 111 Å². The Bertz CT molecular complexity index is 362. The van der Waals surface area contributed by atoms with Gasteiger partial charge in [0.25, 0.3) is 0 Å². The minimum absolute atomic E-state index is 0.0628. The number of para-hydroxylation sites is 1. The van der Waals surface area contributed by atoms with Crippen molar-refractivity contribution in [3.8, 4) is 5.75 Å². The highest BCUT2D eigenvalue weighted by Crippen LogP contribution is 2.17. The molecule has 0 saturated heterocycles. The third kappa shape index (κ3) is 4.38. The Morgan fingerprint density at radius 1 is 1.35 bits per heavy atom. The van der Waals surface area contributed by atoms with Crippen LogP contribution in [-0.4, -0.2) is 34.3 Å². The van der Waals surface area contributed by atoms with Crippen molar-refractivity contribution in [3.63, 3.8) is 0 Å². The molecule has 1 aromatic rings. The zero-order valence-corrected chi connectivity index (χ0v) is 11.6. The first-order chi connectivity index (χ1) is 8.19. The number of phenols is 1. The normalized spacial score (nSPS) is 10.2. The summed E-state index contributed by atoms with van der Waals surface area (Å²) >= 11 is 3.34. The lowest BCUT2D eigenvalue weighted by Crippen LogP contribution is -2.34. The quantitative estimate of drug-likeness (QED) is 0.820. The van der Waals surface area contributed by atoms with Gasteiger partial charge in [0.15, 0.2) is 0 Å². The Kier molecular flexibility index (Phi) is 6.05. The number of phenolic OH excluding ortho intramolecular Hbond substituents is 1. The topological polar surface area (TPSA) is 40.5 Å². The highest BCUT2D eigenvalue weighted by atomic mass is 79.9. The van der Waals surface area contributed by atoms with E-state index < -0.39 is 0 Å².